The van der Waals surface area contributed by atoms with Gasteiger partial charge < -0.3 is 0 Å². The molecule has 2 heteroatoms. The van der Waals surface area contributed by atoms with Gasteiger partial charge in [-0.3, -0.25) is 9.97 Å². The highest BCUT2D eigenvalue weighted by molar-refractivity contribution is 6.23. The Morgan fingerprint density at radius 1 is 0.636 bits per heavy atom. The van der Waals surface area contributed by atoms with Crippen LogP contribution in [-0.2, 0) is 12.8 Å². The molecule has 0 spiro atoms. The molecular weight excluding hydrogens is 268 g/mol. The summed E-state index contributed by atoms with van der Waals surface area (Å²) in [5, 5.41) is 4.95. The maximum atomic E-state index is 4.63. The lowest BCUT2D eigenvalue weighted by Crippen LogP contribution is -1.91. The summed E-state index contributed by atoms with van der Waals surface area (Å²) >= 11 is 0. The summed E-state index contributed by atoms with van der Waals surface area (Å²) in [6.07, 6.45) is 5.64. The summed E-state index contributed by atoms with van der Waals surface area (Å²) in [5.74, 6) is 0. The first-order valence-electron chi connectivity index (χ1n) is 7.89. The first-order chi connectivity index (χ1) is 10.8. The van der Waals surface area contributed by atoms with Gasteiger partial charge in [0.05, 0.1) is 11.0 Å². The number of aryl methyl sites for hydroxylation is 2. The van der Waals surface area contributed by atoms with Gasteiger partial charge in [-0.1, -0.05) is 38.1 Å². The second kappa shape index (κ2) is 5.06. The Balaban J connectivity index is 2.27. The molecule has 0 bridgehead atoms. The fourth-order valence-electron chi connectivity index (χ4n) is 3.22. The Morgan fingerprint density at radius 3 is 1.50 bits per heavy atom. The van der Waals surface area contributed by atoms with Crippen LogP contribution < -0.4 is 0 Å². The molecule has 1 heterocycles. The van der Waals surface area contributed by atoms with E-state index in [1.807, 2.05) is 0 Å². The van der Waals surface area contributed by atoms with Gasteiger partial charge >= 0.3 is 0 Å². The maximum Gasteiger partial charge on any atom is 0.0971 e. The van der Waals surface area contributed by atoms with Crippen LogP contribution >= 0.6 is 0 Å². The zero-order chi connectivity index (χ0) is 15.1. The van der Waals surface area contributed by atoms with Gasteiger partial charge in [0.25, 0.3) is 0 Å². The van der Waals surface area contributed by atoms with E-state index in [1.165, 1.54) is 32.7 Å². The zero-order valence-electron chi connectivity index (χ0n) is 12.9. The van der Waals surface area contributed by atoms with Gasteiger partial charge in [0, 0.05) is 23.2 Å². The molecule has 22 heavy (non-hydrogen) atoms. The summed E-state index contributed by atoms with van der Waals surface area (Å²) in [4.78, 5) is 9.26. The molecule has 0 aliphatic rings. The predicted octanol–water partition coefficient (Wildman–Crippen LogP) is 5.06. The highest BCUT2D eigenvalue weighted by Crippen LogP contribution is 2.34. The number of hydrogen-bond acceptors (Lipinski definition) is 2. The molecule has 0 aliphatic carbocycles. The summed E-state index contributed by atoms with van der Waals surface area (Å²) in [5.41, 5.74) is 4.69. The number of aromatic nitrogens is 2. The van der Waals surface area contributed by atoms with E-state index >= 15 is 0 Å². The molecule has 0 saturated carbocycles. The molecule has 0 saturated heterocycles. The van der Waals surface area contributed by atoms with Crippen molar-refractivity contribution < 1.29 is 0 Å². The van der Waals surface area contributed by atoms with Crippen LogP contribution in [0.15, 0.2) is 48.8 Å². The van der Waals surface area contributed by atoms with Crippen LogP contribution in [0.2, 0.25) is 0 Å². The van der Waals surface area contributed by atoms with Gasteiger partial charge in [-0.05, 0) is 46.9 Å². The van der Waals surface area contributed by atoms with Crippen LogP contribution in [0.5, 0.6) is 0 Å². The van der Waals surface area contributed by atoms with Crippen LogP contribution in [-0.4, -0.2) is 9.97 Å². The largest absolute Gasteiger partial charge is 0.252 e. The molecule has 0 radical (unpaired) electrons. The molecule has 0 unspecified atom stereocenters. The van der Waals surface area contributed by atoms with E-state index in [4.69, 9.17) is 0 Å². The third-order valence-electron chi connectivity index (χ3n) is 4.48. The molecule has 0 atom stereocenters. The van der Waals surface area contributed by atoms with Gasteiger partial charge in [0.2, 0.25) is 0 Å². The minimum atomic E-state index is 1.01. The van der Waals surface area contributed by atoms with Crippen molar-refractivity contribution in [3.05, 3.63) is 59.9 Å². The van der Waals surface area contributed by atoms with Crippen LogP contribution in [0.4, 0.5) is 0 Å². The van der Waals surface area contributed by atoms with Crippen molar-refractivity contribution in [1.82, 2.24) is 9.97 Å². The van der Waals surface area contributed by atoms with Crippen molar-refractivity contribution in [3.63, 3.8) is 0 Å². The van der Waals surface area contributed by atoms with Crippen LogP contribution in [0.3, 0.4) is 0 Å². The molecule has 108 valence electrons. The van der Waals surface area contributed by atoms with E-state index in [1.54, 1.807) is 12.4 Å². The summed E-state index contributed by atoms with van der Waals surface area (Å²) in [6.45, 7) is 4.37. The Labute approximate surface area is 129 Å². The topological polar surface area (TPSA) is 25.8 Å². The summed E-state index contributed by atoms with van der Waals surface area (Å²) < 4.78 is 0. The van der Waals surface area contributed by atoms with Crippen molar-refractivity contribution in [3.8, 4) is 0 Å². The Morgan fingerprint density at radius 2 is 1.09 bits per heavy atom. The second-order valence-corrected chi connectivity index (χ2v) is 5.72. The van der Waals surface area contributed by atoms with Gasteiger partial charge in [0.1, 0.15) is 0 Å². The van der Waals surface area contributed by atoms with E-state index in [-0.39, 0.29) is 0 Å². The lowest BCUT2D eigenvalue weighted by molar-refractivity contribution is 1.14. The van der Waals surface area contributed by atoms with E-state index < -0.39 is 0 Å². The molecule has 0 amide bonds. The standard InChI is InChI=1S/C20H18N2/c1-3-13-5-7-15-16-8-6-14(4-2)12-18(16)20-19(17(15)11-13)21-9-10-22-20/h5-12H,3-4H2,1-2H3. The maximum absolute atomic E-state index is 4.63. The van der Waals surface area contributed by atoms with Gasteiger partial charge in [-0.15, -0.1) is 0 Å². The number of fused-ring (bicyclic) bond motifs is 6. The molecule has 0 fully saturated rings. The number of benzene rings is 3. The summed E-state index contributed by atoms with van der Waals surface area (Å²) in [6, 6.07) is 13.4. The molecule has 2 nitrogen and oxygen atoms in total. The molecule has 3 aromatic carbocycles. The number of hydrogen-bond donors (Lipinski definition) is 0. The van der Waals surface area contributed by atoms with Crippen LogP contribution in [0, 0.1) is 0 Å². The van der Waals surface area contributed by atoms with Crippen molar-refractivity contribution >= 4 is 32.6 Å². The van der Waals surface area contributed by atoms with Crippen LogP contribution in [0.25, 0.3) is 32.6 Å². The predicted molar refractivity (Wildman–Crippen MR) is 93.3 cm³/mol. The fraction of sp³-hybridized carbons (Fsp3) is 0.200. The smallest absolute Gasteiger partial charge is 0.0971 e. The fourth-order valence-corrected chi connectivity index (χ4v) is 3.22. The monoisotopic (exact) mass is 286 g/mol. The van der Waals surface area contributed by atoms with Gasteiger partial charge in [-0.2, -0.15) is 0 Å². The number of rotatable bonds is 2. The van der Waals surface area contributed by atoms with Crippen molar-refractivity contribution in [1.29, 1.82) is 0 Å². The Bertz CT molecular complexity index is 900. The van der Waals surface area contributed by atoms with Crippen molar-refractivity contribution in [2.24, 2.45) is 0 Å². The van der Waals surface area contributed by atoms with E-state index in [0.29, 0.717) is 0 Å². The first kappa shape index (κ1) is 13.2. The molecule has 0 N–H and O–H groups in total. The van der Waals surface area contributed by atoms with E-state index in [2.05, 4.69) is 60.2 Å². The molecule has 0 aliphatic heterocycles. The average Bonchev–Trinajstić information content (AvgIpc) is 2.61. The summed E-state index contributed by atoms with van der Waals surface area (Å²) in [7, 11) is 0. The quantitative estimate of drug-likeness (QED) is 0.481. The normalized spacial score (nSPS) is 11.5. The minimum Gasteiger partial charge on any atom is -0.252 e. The number of nitrogens with zero attached hydrogens (tertiary/aromatic N) is 2. The SMILES string of the molecule is CCc1ccc2c3ccc(CC)cc3c3nccnc3c2c1. The highest BCUT2D eigenvalue weighted by Gasteiger charge is 2.11. The highest BCUT2D eigenvalue weighted by atomic mass is 14.8. The van der Waals surface area contributed by atoms with Gasteiger partial charge in [0.15, 0.2) is 0 Å². The molecule has 1 aromatic heterocycles. The van der Waals surface area contributed by atoms with Crippen molar-refractivity contribution in [2.45, 2.75) is 26.7 Å². The van der Waals surface area contributed by atoms with Crippen LogP contribution in [0.1, 0.15) is 25.0 Å². The second-order valence-electron chi connectivity index (χ2n) is 5.72. The zero-order valence-corrected chi connectivity index (χ0v) is 12.9. The van der Waals surface area contributed by atoms with E-state index in [0.717, 1.165) is 23.9 Å². The van der Waals surface area contributed by atoms with Crippen molar-refractivity contribution in [2.75, 3.05) is 0 Å². The Kier molecular flexibility index (Phi) is 3.04. The lowest BCUT2D eigenvalue weighted by Gasteiger charge is -2.11. The van der Waals surface area contributed by atoms with Gasteiger partial charge in [-0.25, -0.2) is 0 Å². The minimum absolute atomic E-state index is 1.01. The lowest BCUT2D eigenvalue weighted by atomic mass is 9.95. The molecular formula is C20H18N2. The Hall–Kier alpha value is -2.48. The third kappa shape index (κ3) is 1.87. The third-order valence-corrected chi connectivity index (χ3v) is 4.48. The average molecular weight is 286 g/mol. The van der Waals surface area contributed by atoms with E-state index in [9.17, 15) is 0 Å². The molecule has 4 rings (SSSR count). The molecule has 4 aromatic rings. The first-order valence-corrected chi connectivity index (χ1v) is 7.89.